The molecule has 0 saturated carbocycles. The van der Waals surface area contributed by atoms with Crippen LogP contribution in [0.25, 0.3) is 0 Å². The minimum atomic E-state index is -1.21. The molecule has 0 amide bonds. The van der Waals surface area contributed by atoms with Crippen LogP contribution in [0.2, 0.25) is 0 Å². The molecule has 1 unspecified atom stereocenters. The molecule has 0 fully saturated rings. The number of hydrogen-bond donors (Lipinski definition) is 0. The second-order valence-electron chi connectivity index (χ2n) is 4.44. The third-order valence-electron chi connectivity index (χ3n) is 3.05. The van der Waals surface area contributed by atoms with Crippen LogP contribution in [-0.4, -0.2) is 25.2 Å². The van der Waals surface area contributed by atoms with Crippen LogP contribution in [0.15, 0.2) is 18.2 Å². The van der Waals surface area contributed by atoms with Crippen LogP contribution in [-0.2, 0) is 19.1 Å². The highest BCUT2D eigenvalue weighted by molar-refractivity contribution is 5.96. The molecule has 0 N–H and O–H groups in total. The van der Waals surface area contributed by atoms with E-state index in [0.29, 0.717) is 5.56 Å². The van der Waals surface area contributed by atoms with E-state index in [4.69, 9.17) is 9.47 Å². The molecule has 1 rings (SSSR count). The third kappa shape index (κ3) is 4.24. The van der Waals surface area contributed by atoms with Crippen molar-refractivity contribution in [1.29, 1.82) is 0 Å². The van der Waals surface area contributed by atoms with Crippen LogP contribution < -0.4 is 0 Å². The van der Waals surface area contributed by atoms with Gasteiger partial charge in [-0.1, -0.05) is 13.0 Å². The highest BCUT2D eigenvalue weighted by atomic mass is 19.2. The lowest BCUT2D eigenvalue weighted by atomic mass is 9.87. The second-order valence-corrected chi connectivity index (χ2v) is 4.44. The van der Waals surface area contributed by atoms with Crippen LogP contribution in [0.3, 0.4) is 0 Å². The van der Waals surface area contributed by atoms with Gasteiger partial charge in [0.25, 0.3) is 0 Å². The molecule has 1 aromatic carbocycles. The van der Waals surface area contributed by atoms with Gasteiger partial charge in [-0.3, -0.25) is 9.59 Å². The van der Waals surface area contributed by atoms with Gasteiger partial charge in [0.2, 0.25) is 0 Å². The molecule has 0 saturated heterocycles. The molecule has 0 bridgehead atoms. The van der Waals surface area contributed by atoms with Gasteiger partial charge in [0, 0.05) is 5.92 Å². The molecule has 21 heavy (non-hydrogen) atoms. The fourth-order valence-electron chi connectivity index (χ4n) is 1.96. The van der Waals surface area contributed by atoms with Crippen molar-refractivity contribution in [3.63, 3.8) is 0 Å². The number of esters is 2. The van der Waals surface area contributed by atoms with E-state index in [1.807, 2.05) is 0 Å². The first-order chi connectivity index (χ1) is 9.92. The predicted octanol–water partition coefficient (Wildman–Crippen LogP) is 2.81. The molecule has 0 spiro atoms. The van der Waals surface area contributed by atoms with Crippen molar-refractivity contribution in [1.82, 2.24) is 0 Å². The SMILES string of the molecule is CCOC(=O)C(C(=O)OCC)C(C)c1ccc(F)c(F)c1. The molecule has 116 valence electrons. The Kier molecular flexibility index (Phi) is 6.27. The van der Waals surface area contributed by atoms with E-state index in [1.165, 1.54) is 6.07 Å². The van der Waals surface area contributed by atoms with Crippen molar-refractivity contribution < 1.29 is 27.8 Å². The van der Waals surface area contributed by atoms with Crippen LogP contribution in [0, 0.1) is 17.6 Å². The fraction of sp³-hybridized carbons (Fsp3) is 0.467. The Labute approximate surface area is 122 Å². The van der Waals surface area contributed by atoms with Crippen molar-refractivity contribution >= 4 is 11.9 Å². The minimum Gasteiger partial charge on any atom is -0.465 e. The first-order valence-electron chi connectivity index (χ1n) is 6.70. The lowest BCUT2D eigenvalue weighted by Crippen LogP contribution is -2.32. The zero-order valence-corrected chi connectivity index (χ0v) is 12.2. The van der Waals surface area contributed by atoms with Gasteiger partial charge in [-0.25, -0.2) is 8.78 Å². The van der Waals surface area contributed by atoms with Gasteiger partial charge in [-0.2, -0.15) is 0 Å². The van der Waals surface area contributed by atoms with E-state index in [0.717, 1.165) is 12.1 Å². The molecule has 6 heteroatoms. The summed E-state index contributed by atoms with van der Waals surface area (Å²) in [6, 6.07) is 3.24. The number of halogens is 2. The summed E-state index contributed by atoms with van der Waals surface area (Å²) in [6.07, 6.45) is 0. The predicted molar refractivity (Wildman–Crippen MR) is 71.5 cm³/mol. The van der Waals surface area contributed by atoms with Crippen molar-refractivity contribution in [3.05, 3.63) is 35.4 Å². The molecule has 0 radical (unpaired) electrons. The molecular weight excluding hydrogens is 282 g/mol. The molecule has 0 aliphatic heterocycles. The number of hydrogen-bond acceptors (Lipinski definition) is 4. The first kappa shape index (κ1) is 17.1. The molecule has 0 aliphatic carbocycles. The monoisotopic (exact) mass is 300 g/mol. The normalized spacial score (nSPS) is 12.1. The largest absolute Gasteiger partial charge is 0.465 e. The summed E-state index contributed by atoms with van der Waals surface area (Å²) in [7, 11) is 0. The summed E-state index contributed by atoms with van der Waals surface area (Å²) in [5.74, 6) is -5.42. The molecule has 0 heterocycles. The van der Waals surface area contributed by atoms with Gasteiger partial charge < -0.3 is 9.47 Å². The average Bonchev–Trinajstić information content (AvgIpc) is 2.42. The summed E-state index contributed by atoms with van der Waals surface area (Å²) in [4.78, 5) is 23.9. The maximum atomic E-state index is 13.3. The Hall–Kier alpha value is -1.98. The molecular formula is C15H18F2O4. The van der Waals surface area contributed by atoms with Crippen LogP contribution >= 0.6 is 0 Å². The zero-order valence-electron chi connectivity index (χ0n) is 12.2. The summed E-state index contributed by atoms with van der Waals surface area (Å²) in [5, 5.41) is 0. The van der Waals surface area contributed by atoms with E-state index in [1.54, 1.807) is 20.8 Å². The third-order valence-corrected chi connectivity index (χ3v) is 3.05. The van der Waals surface area contributed by atoms with Crippen LogP contribution in [0.1, 0.15) is 32.3 Å². The first-order valence-corrected chi connectivity index (χ1v) is 6.70. The standard InChI is InChI=1S/C15H18F2O4/c1-4-20-14(18)13(15(19)21-5-2)9(3)10-6-7-11(16)12(17)8-10/h6-9,13H,4-5H2,1-3H3. The molecule has 4 nitrogen and oxygen atoms in total. The molecule has 0 aliphatic rings. The number of carbonyl (C=O) groups is 2. The Bertz CT molecular complexity index is 498. The number of ether oxygens (including phenoxy) is 2. The molecule has 0 aromatic heterocycles. The Balaban J connectivity index is 3.08. The fourth-order valence-corrected chi connectivity index (χ4v) is 1.96. The van der Waals surface area contributed by atoms with Gasteiger partial charge in [-0.05, 0) is 31.5 Å². The van der Waals surface area contributed by atoms with Crippen LogP contribution in [0.5, 0.6) is 0 Å². The smallest absolute Gasteiger partial charge is 0.320 e. The van der Waals surface area contributed by atoms with Crippen LogP contribution in [0.4, 0.5) is 8.78 Å². The summed E-state index contributed by atoms with van der Waals surface area (Å²) < 4.78 is 36.0. The highest BCUT2D eigenvalue weighted by Gasteiger charge is 2.36. The number of benzene rings is 1. The van der Waals surface area contributed by atoms with E-state index in [9.17, 15) is 18.4 Å². The lowest BCUT2D eigenvalue weighted by Gasteiger charge is -2.21. The Morgan fingerprint density at radius 1 is 1.05 bits per heavy atom. The van der Waals surface area contributed by atoms with E-state index in [-0.39, 0.29) is 13.2 Å². The summed E-state index contributed by atoms with van der Waals surface area (Å²) in [5.41, 5.74) is 0.319. The van der Waals surface area contributed by atoms with Crippen molar-refractivity contribution in [3.8, 4) is 0 Å². The number of carbonyl (C=O) groups excluding carboxylic acids is 2. The zero-order chi connectivity index (χ0) is 16.0. The van der Waals surface area contributed by atoms with Crippen molar-refractivity contribution in [2.24, 2.45) is 5.92 Å². The number of rotatable bonds is 6. The lowest BCUT2D eigenvalue weighted by molar-refractivity contribution is -0.162. The Morgan fingerprint density at radius 2 is 1.57 bits per heavy atom. The highest BCUT2D eigenvalue weighted by Crippen LogP contribution is 2.28. The van der Waals surface area contributed by atoms with Gasteiger partial charge in [0.15, 0.2) is 17.6 Å². The van der Waals surface area contributed by atoms with E-state index < -0.39 is 35.4 Å². The van der Waals surface area contributed by atoms with Gasteiger partial charge >= 0.3 is 11.9 Å². The van der Waals surface area contributed by atoms with Crippen molar-refractivity contribution in [2.75, 3.05) is 13.2 Å². The van der Waals surface area contributed by atoms with Gasteiger partial charge in [-0.15, -0.1) is 0 Å². The van der Waals surface area contributed by atoms with E-state index in [2.05, 4.69) is 0 Å². The Morgan fingerprint density at radius 3 is 2.00 bits per heavy atom. The maximum Gasteiger partial charge on any atom is 0.320 e. The average molecular weight is 300 g/mol. The topological polar surface area (TPSA) is 52.6 Å². The molecule has 1 aromatic rings. The summed E-state index contributed by atoms with van der Waals surface area (Å²) >= 11 is 0. The quantitative estimate of drug-likeness (QED) is 0.599. The minimum absolute atomic E-state index is 0.110. The molecule has 1 atom stereocenters. The van der Waals surface area contributed by atoms with Gasteiger partial charge in [0.05, 0.1) is 13.2 Å². The van der Waals surface area contributed by atoms with Crippen molar-refractivity contribution in [2.45, 2.75) is 26.7 Å². The maximum absolute atomic E-state index is 13.3. The second kappa shape index (κ2) is 7.71. The summed E-state index contributed by atoms with van der Waals surface area (Å²) in [6.45, 7) is 5.01. The van der Waals surface area contributed by atoms with E-state index >= 15 is 0 Å². The van der Waals surface area contributed by atoms with Gasteiger partial charge in [0.1, 0.15) is 0 Å².